The Kier molecular flexibility index (Phi) is 4.82. The van der Waals surface area contributed by atoms with Gasteiger partial charge < -0.3 is 16.4 Å². The van der Waals surface area contributed by atoms with Gasteiger partial charge in [0.1, 0.15) is 0 Å². The van der Waals surface area contributed by atoms with E-state index in [-0.39, 0.29) is 0 Å². The molecule has 0 heterocycles. The number of benzene rings is 2. The molecule has 0 fully saturated rings. The second-order valence-corrected chi connectivity index (χ2v) is 5.04. The fourth-order valence-corrected chi connectivity index (χ4v) is 2.33. The zero-order valence-corrected chi connectivity index (χ0v) is 12.3. The van der Waals surface area contributed by atoms with Crippen LogP contribution in [0.5, 0.6) is 0 Å². The summed E-state index contributed by atoms with van der Waals surface area (Å²) in [5.41, 5.74) is 14.6. The SMILES string of the molecule is CCCN(Cc1ccccc1)c1cc(C(N)=O)ccc1N. The first-order valence-corrected chi connectivity index (χ1v) is 7.10. The van der Waals surface area contributed by atoms with Gasteiger partial charge in [0.15, 0.2) is 0 Å². The third-order valence-electron chi connectivity index (χ3n) is 3.37. The van der Waals surface area contributed by atoms with Gasteiger partial charge in [-0.3, -0.25) is 4.79 Å². The maximum Gasteiger partial charge on any atom is 0.248 e. The van der Waals surface area contributed by atoms with Gasteiger partial charge in [0.2, 0.25) is 5.91 Å². The van der Waals surface area contributed by atoms with Gasteiger partial charge in [-0.25, -0.2) is 0 Å². The quantitative estimate of drug-likeness (QED) is 0.801. The normalized spacial score (nSPS) is 10.3. The van der Waals surface area contributed by atoms with E-state index >= 15 is 0 Å². The molecular weight excluding hydrogens is 262 g/mol. The number of anilines is 2. The molecule has 0 aliphatic carbocycles. The van der Waals surface area contributed by atoms with E-state index in [1.807, 2.05) is 18.2 Å². The van der Waals surface area contributed by atoms with Gasteiger partial charge in [0, 0.05) is 18.7 Å². The Labute approximate surface area is 125 Å². The highest BCUT2D eigenvalue weighted by Crippen LogP contribution is 2.26. The van der Waals surface area contributed by atoms with E-state index in [0.29, 0.717) is 11.3 Å². The molecule has 2 aromatic rings. The summed E-state index contributed by atoms with van der Waals surface area (Å²) < 4.78 is 0. The molecule has 110 valence electrons. The third-order valence-corrected chi connectivity index (χ3v) is 3.37. The van der Waals surface area contributed by atoms with Crippen LogP contribution < -0.4 is 16.4 Å². The largest absolute Gasteiger partial charge is 0.397 e. The summed E-state index contributed by atoms with van der Waals surface area (Å²) in [5.74, 6) is -0.438. The van der Waals surface area contributed by atoms with Crippen LogP contribution in [0.1, 0.15) is 29.3 Å². The van der Waals surface area contributed by atoms with Gasteiger partial charge in [-0.05, 0) is 30.2 Å². The molecule has 0 aromatic heterocycles. The highest BCUT2D eigenvalue weighted by atomic mass is 16.1. The molecule has 21 heavy (non-hydrogen) atoms. The minimum atomic E-state index is -0.438. The Morgan fingerprint density at radius 1 is 1.14 bits per heavy atom. The Hall–Kier alpha value is -2.49. The van der Waals surface area contributed by atoms with Gasteiger partial charge in [-0.1, -0.05) is 37.3 Å². The first-order chi connectivity index (χ1) is 10.1. The van der Waals surface area contributed by atoms with Gasteiger partial charge in [0.25, 0.3) is 0 Å². The first kappa shape index (κ1) is 14.9. The predicted molar refractivity (Wildman–Crippen MR) is 87.2 cm³/mol. The molecule has 0 radical (unpaired) electrons. The zero-order valence-electron chi connectivity index (χ0n) is 12.3. The smallest absolute Gasteiger partial charge is 0.248 e. The molecular formula is C17H21N3O. The summed E-state index contributed by atoms with van der Waals surface area (Å²) in [6, 6.07) is 15.4. The number of nitrogens with zero attached hydrogens (tertiary/aromatic N) is 1. The highest BCUT2D eigenvalue weighted by molar-refractivity contribution is 5.95. The van der Waals surface area contributed by atoms with Crippen molar-refractivity contribution >= 4 is 17.3 Å². The molecule has 4 N–H and O–H groups in total. The van der Waals surface area contributed by atoms with Crippen molar-refractivity contribution in [2.75, 3.05) is 17.2 Å². The fraction of sp³-hybridized carbons (Fsp3) is 0.235. The molecule has 0 aliphatic rings. The maximum atomic E-state index is 11.4. The number of primary amides is 1. The molecule has 0 aliphatic heterocycles. The molecule has 2 aromatic carbocycles. The number of nitrogen functional groups attached to an aromatic ring is 1. The molecule has 0 saturated carbocycles. The molecule has 0 spiro atoms. The Bertz CT molecular complexity index is 611. The Balaban J connectivity index is 2.33. The van der Waals surface area contributed by atoms with Crippen molar-refractivity contribution in [1.29, 1.82) is 0 Å². The molecule has 4 heteroatoms. The van der Waals surface area contributed by atoms with Crippen molar-refractivity contribution in [3.8, 4) is 0 Å². The minimum Gasteiger partial charge on any atom is -0.397 e. The van der Waals surface area contributed by atoms with Crippen molar-refractivity contribution in [1.82, 2.24) is 0 Å². The Morgan fingerprint density at radius 3 is 2.48 bits per heavy atom. The number of carbonyl (C=O) groups excluding carboxylic acids is 1. The lowest BCUT2D eigenvalue weighted by atomic mass is 10.1. The fourth-order valence-electron chi connectivity index (χ4n) is 2.33. The van der Waals surface area contributed by atoms with Crippen LogP contribution in [-0.4, -0.2) is 12.5 Å². The predicted octanol–water partition coefficient (Wildman–Crippen LogP) is 2.78. The summed E-state index contributed by atoms with van der Waals surface area (Å²) in [5, 5.41) is 0. The van der Waals surface area contributed by atoms with Crippen LogP contribution in [-0.2, 0) is 6.54 Å². The first-order valence-electron chi connectivity index (χ1n) is 7.10. The van der Waals surface area contributed by atoms with Crippen molar-refractivity contribution in [3.05, 3.63) is 59.7 Å². The van der Waals surface area contributed by atoms with Crippen molar-refractivity contribution in [3.63, 3.8) is 0 Å². The average Bonchev–Trinajstić information content (AvgIpc) is 2.48. The van der Waals surface area contributed by atoms with E-state index in [1.54, 1.807) is 18.2 Å². The number of carbonyl (C=O) groups is 1. The van der Waals surface area contributed by atoms with E-state index < -0.39 is 5.91 Å². The standard InChI is InChI=1S/C17H21N3O/c1-2-10-20(12-13-6-4-3-5-7-13)16-11-14(17(19)21)8-9-15(16)18/h3-9,11H,2,10,12,18H2,1H3,(H2,19,21). The van der Waals surface area contributed by atoms with E-state index in [2.05, 4.69) is 24.0 Å². The second-order valence-electron chi connectivity index (χ2n) is 5.04. The van der Waals surface area contributed by atoms with E-state index in [0.717, 1.165) is 25.2 Å². The molecule has 0 bridgehead atoms. The van der Waals surface area contributed by atoms with E-state index in [4.69, 9.17) is 11.5 Å². The van der Waals surface area contributed by atoms with Crippen LogP contribution in [0.25, 0.3) is 0 Å². The number of hydrogen-bond donors (Lipinski definition) is 2. The van der Waals surface area contributed by atoms with Crippen molar-refractivity contribution in [2.24, 2.45) is 5.73 Å². The monoisotopic (exact) mass is 283 g/mol. The maximum absolute atomic E-state index is 11.4. The van der Waals surface area contributed by atoms with Gasteiger partial charge >= 0.3 is 0 Å². The number of nitrogens with two attached hydrogens (primary N) is 2. The van der Waals surface area contributed by atoms with Crippen LogP contribution in [0.15, 0.2) is 48.5 Å². The summed E-state index contributed by atoms with van der Waals surface area (Å²) in [4.78, 5) is 13.5. The number of rotatable bonds is 6. The average molecular weight is 283 g/mol. The van der Waals surface area contributed by atoms with Gasteiger partial charge in [-0.15, -0.1) is 0 Å². The molecule has 0 unspecified atom stereocenters. The Morgan fingerprint density at radius 2 is 1.86 bits per heavy atom. The summed E-state index contributed by atoms with van der Waals surface area (Å²) in [7, 11) is 0. The van der Waals surface area contributed by atoms with Crippen molar-refractivity contribution < 1.29 is 4.79 Å². The highest BCUT2D eigenvalue weighted by Gasteiger charge is 2.12. The van der Waals surface area contributed by atoms with Crippen LogP contribution in [0, 0.1) is 0 Å². The summed E-state index contributed by atoms with van der Waals surface area (Å²) in [6.07, 6.45) is 0.993. The van der Waals surface area contributed by atoms with Gasteiger partial charge in [0.05, 0.1) is 11.4 Å². The van der Waals surface area contributed by atoms with E-state index in [9.17, 15) is 4.79 Å². The van der Waals surface area contributed by atoms with Crippen LogP contribution in [0.4, 0.5) is 11.4 Å². The molecule has 4 nitrogen and oxygen atoms in total. The van der Waals surface area contributed by atoms with E-state index in [1.165, 1.54) is 5.56 Å². The molecule has 0 saturated heterocycles. The topological polar surface area (TPSA) is 72.3 Å². The molecule has 2 rings (SSSR count). The lowest BCUT2D eigenvalue weighted by Gasteiger charge is -2.26. The molecule has 0 atom stereocenters. The minimum absolute atomic E-state index is 0.438. The lowest BCUT2D eigenvalue weighted by Crippen LogP contribution is -2.25. The summed E-state index contributed by atoms with van der Waals surface area (Å²) >= 11 is 0. The third kappa shape index (κ3) is 3.75. The van der Waals surface area contributed by atoms with Crippen LogP contribution >= 0.6 is 0 Å². The lowest BCUT2D eigenvalue weighted by molar-refractivity contribution is 0.100. The number of amides is 1. The summed E-state index contributed by atoms with van der Waals surface area (Å²) in [6.45, 7) is 3.73. The molecule has 1 amide bonds. The van der Waals surface area contributed by atoms with Crippen LogP contribution in [0.3, 0.4) is 0 Å². The van der Waals surface area contributed by atoms with Crippen LogP contribution in [0.2, 0.25) is 0 Å². The van der Waals surface area contributed by atoms with Crippen molar-refractivity contribution in [2.45, 2.75) is 19.9 Å². The van der Waals surface area contributed by atoms with Gasteiger partial charge in [-0.2, -0.15) is 0 Å². The zero-order chi connectivity index (χ0) is 15.2. The second kappa shape index (κ2) is 6.79. The number of hydrogen-bond acceptors (Lipinski definition) is 3.